The van der Waals surface area contributed by atoms with Gasteiger partial charge in [-0.3, -0.25) is 9.88 Å². The third-order valence-corrected chi connectivity index (χ3v) is 5.11. The topological polar surface area (TPSA) is 54.5 Å². The maximum absolute atomic E-state index is 14.7. The lowest BCUT2D eigenvalue weighted by molar-refractivity contribution is 0.0472. The molecule has 0 aliphatic carbocycles. The summed E-state index contributed by atoms with van der Waals surface area (Å²) >= 11 is 5.95. The molecular weight excluding hydrogens is 393 g/mol. The second kappa shape index (κ2) is 9.09. The van der Waals surface area contributed by atoms with E-state index >= 15 is 0 Å². The Kier molecular flexibility index (Phi) is 6.75. The van der Waals surface area contributed by atoms with Crippen molar-refractivity contribution in [3.63, 3.8) is 0 Å². The average Bonchev–Trinajstić information content (AvgIpc) is 2.64. The van der Waals surface area contributed by atoms with E-state index in [-0.39, 0.29) is 17.9 Å². The fourth-order valence-corrected chi connectivity index (χ4v) is 3.78. The van der Waals surface area contributed by atoms with Crippen molar-refractivity contribution in [2.24, 2.45) is 0 Å². The fourth-order valence-electron chi connectivity index (χ4n) is 3.62. The maximum Gasteiger partial charge on any atom is 0.407 e. The molecule has 1 aromatic heterocycles. The number of carbonyl (C=O) groups is 1. The molecule has 1 fully saturated rings. The normalized spacial score (nSPS) is 17.0. The molecule has 0 spiro atoms. The van der Waals surface area contributed by atoms with Crippen LogP contribution in [-0.2, 0) is 4.74 Å². The predicted molar refractivity (Wildman–Crippen MR) is 111 cm³/mol. The van der Waals surface area contributed by atoms with Crippen molar-refractivity contribution in [2.75, 3.05) is 13.1 Å². The lowest BCUT2D eigenvalue weighted by Gasteiger charge is -2.38. The summed E-state index contributed by atoms with van der Waals surface area (Å²) in [6, 6.07) is 8.37. The zero-order valence-electron chi connectivity index (χ0n) is 17.0. The highest BCUT2D eigenvalue weighted by atomic mass is 35.5. The summed E-state index contributed by atoms with van der Waals surface area (Å²) < 4.78 is 20.1. The molecule has 1 unspecified atom stereocenters. The van der Waals surface area contributed by atoms with Crippen LogP contribution in [0.15, 0.2) is 42.7 Å². The van der Waals surface area contributed by atoms with E-state index < -0.39 is 11.7 Å². The quantitative estimate of drug-likeness (QED) is 0.761. The van der Waals surface area contributed by atoms with E-state index in [1.165, 1.54) is 6.07 Å². The number of nitrogens with one attached hydrogen (secondary N) is 1. The number of carbonyl (C=O) groups excluding carboxylic acids is 1. The standard InChI is InChI=1S/C22H27ClFN3O2/c1-22(2,3)29-21(28)26-17-8-11-27(12-9-17)20(15-5-4-10-25-14-15)18-7-6-16(23)13-19(18)24/h4-7,10,13-14,17,20H,8-9,11-12H2,1-3H3,(H,26,28). The molecule has 0 bridgehead atoms. The number of hydrogen-bond donors (Lipinski definition) is 1. The minimum absolute atomic E-state index is 0.0331. The number of alkyl carbamates (subject to hydrolysis) is 1. The van der Waals surface area contributed by atoms with Gasteiger partial charge < -0.3 is 10.1 Å². The van der Waals surface area contributed by atoms with E-state index in [1.54, 1.807) is 24.5 Å². The third-order valence-electron chi connectivity index (χ3n) is 4.87. The number of amides is 1. The van der Waals surface area contributed by atoms with Crippen molar-refractivity contribution in [1.82, 2.24) is 15.2 Å². The van der Waals surface area contributed by atoms with Gasteiger partial charge in [-0.2, -0.15) is 0 Å². The number of piperidine rings is 1. The second-order valence-electron chi connectivity index (χ2n) is 8.31. The number of ether oxygens (including phenoxy) is 1. The number of likely N-dealkylation sites (tertiary alicyclic amines) is 1. The number of pyridine rings is 1. The monoisotopic (exact) mass is 419 g/mol. The third kappa shape index (κ3) is 5.90. The van der Waals surface area contributed by atoms with Crippen LogP contribution in [0.1, 0.15) is 50.8 Å². The summed E-state index contributed by atoms with van der Waals surface area (Å²) in [5.41, 5.74) is 0.968. The Morgan fingerprint density at radius 3 is 2.62 bits per heavy atom. The molecule has 1 aliphatic rings. The molecule has 29 heavy (non-hydrogen) atoms. The molecule has 1 amide bonds. The van der Waals surface area contributed by atoms with Crippen molar-refractivity contribution in [2.45, 2.75) is 51.3 Å². The molecule has 5 nitrogen and oxygen atoms in total. The summed E-state index contributed by atoms with van der Waals surface area (Å²) in [6.07, 6.45) is 4.58. The van der Waals surface area contributed by atoms with E-state index in [0.717, 1.165) is 18.4 Å². The van der Waals surface area contributed by atoms with E-state index in [1.807, 2.05) is 32.9 Å². The van der Waals surface area contributed by atoms with Crippen molar-refractivity contribution in [1.29, 1.82) is 0 Å². The first-order valence-corrected chi connectivity index (χ1v) is 10.2. The molecule has 156 valence electrons. The average molecular weight is 420 g/mol. The number of nitrogens with zero attached hydrogens (tertiary/aromatic N) is 2. The minimum atomic E-state index is -0.525. The fraction of sp³-hybridized carbons (Fsp3) is 0.455. The zero-order chi connectivity index (χ0) is 21.0. The predicted octanol–water partition coefficient (Wildman–Crippen LogP) is 4.95. The lowest BCUT2D eigenvalue weighted by Crippen LogP contribution is -2.47. The zero-order valence-corrected chi connectivity index (χ0v) is 17.7. The van der Waals surface area contributed by atoms with Gasteiger partial charge in [0.05, 0.1) is 6.04 Å². The van der Waals surface area contributed by atoms with E-state index in [4.69, 9.17) is 16.3 Å². The van der Waals surface area contributed by atoms with E-state index in [9.17, 15) is 9.18 Å². The second-order valence-corrected chi connectivity index (χ2v) is 8.75. The first-order valence-electron chi connectivity index (χ1n) is 9.81. The Balaban J connectivity index is 1.73. The van der Waals surface area contributed by atoms with Crippen LogP contribution in [0.5, 0.6) is 0 Å². The highest BCUT2D eigenvalue weighted by Crippen LogP contribution is 2.33. The Bertz CT molecular complexity index is 834. The van der Waals surface area contributed by atoms with Gasteiger partial charge in [-0.25, -0.2) is 9.18 Å². The Labute approximate surface area is 176 Å². The van der Waals surface area contributed by atoms with Crippen LogP contribution in [-0.4, -0.2) is 40.7 Å². The van der Waals surface area contributed by atoms with Crippen molar-refractivity contribution in [3.05, 3.63) is 64.7 Å². The van der Waals surface area contributed by atoms with Gasteiger partial charge in [0, 0.05) is 42.1 Å². The Morgan fingerprint density at radius 1 is 1.31 bits per heavy atom. The smallest absolute Gasteiger partial charge is 0.407 e. The number of aromatic nitrogens is 1. The first kappa shape index (κ1) is 21.5. The molecule has 1 aliphatic heterocycles. The van der Waals surface area contributed by atoms with Gasteiger partial charge in [0.2, 0.25) is 0 Å². The van der Waals surface area contributed by atoms with Gasteiger partial charge in [-0.15, -0.1) is 0 Å². The summed E-state index contributed by atoms with van der Waals surface area (Å²) in [6.45, 7) is 6.95. The van der Waals surface area contributed by atoms with Crippen LogP contribution in [0.2, 0.25) is 5.02 Å². The van der Waals surface area contributed by atoms with Gasteiger partial charge in [0.15, 0.2) is 0 Å². The SMILES string of the molecule is CC(C)(C)OC(=O)NC1CCN(C(c2cccnc2)c2ccc(Cl)cc2F)CC1. The van der Waals surface area contributed by atoms with Crippen molar-refractivity contribution < 1.29 is 13.9 Å². The molecule has 1 atom stereocenters. The molecule has 1 saturated heterocycles. The molecule has 2 heterocycles. The van der Waals surface area contributed by atoms with Gasteiger partial charge in [-0.1, -0.05) is 23.7 Å². The Hall–Kier alpha value is -2.18. The molecule has 7 heteroatoms. The lowest BCUT2D eigenvalue weighted by atomic mass is 9.94. The number of hydrogen-bond acceptors (Lipinski definition) is 4. The molecule has 3 rings (SSSR count). The molecule has 2 aromatic rings. The summed E-state index contributed by atoms with van der Waals surface area (Å²) in [7, 11) is 0. The number of benzene rings is 1. The summed E-state index contributed by atoms with van der Waals surface area (Å²) in [5, 5.41) is 3.31. The highest BCUT2D eigenvalue weighted by molar-refractivity contribution is 6.30. The largest absolute Gasteiger partial charge is 0.444 e. The molecule has 1 aromatic carbocycles. The first-order chi connectivity index (χ1) is 13.7. The van der Waals surface area contributed by atoms with Gasteiger partial charge >= 0.3 is 6.09 Å². The van der Waals surface area contributed by atoms with Gasteiger partial charge in [0.1, 0.15) is 11.4 Å². The van der Waals surface area contributed by atoms with Crippen LogP contribution in [0.3, 0.4) is 0 Å². The maximum atomic E-state index is 14.7. The van der Waals surface area contributed by atoms with Crippen LogP contribution < -0.4 is 5.32 Å². The molecule has 1 N–H and O–H groups in total. The number of halogens is 2. The molecule has 0 saturated carbocycles. The summed E-state index contributed by atoms with van der Waals surface area (Å²) in [5.74, 6) is -0.333. The van der Waals surface area contributed by atoms with Crippen LogP contribution in [0, 0.1) is 5.82 Å². The van der Waals surface area contributed by atoms with Gasteiger partial charge in [-0.05, 0) is 57.4 Å². The van der Waals surface area contributed by atoms with Crippen molar-refractivity contribution >= 4 is 17.7 Å². The molecular formula is C22H27ClFN3O2. The van der Waals surface area contributed by atoms with Gasteiger partial charge in [0.25, 0.3) is 0 Å². The number of rotatable bonds is 4. The van der Waals surface area contributed by atoms with Crippen LogP contribution in [0.25, 0.3) is 0 Å². The van der Waals surface area contributed by atoms with Crippen LogP contribution in [0.4, 0.5) is 9.18 Å². The Morgan fingerprint density at radius 2 is 2.03 bits per heavy atom. The minimum Gasteiger partial charge on any atom is -0.444 e. The van der Waals surface area contributed by atoms with Crippen LogP contribution >= 0.6 is 11.6 Å². The molecule has 0 radical (unpaired) electrons. The summed E-state index contributed by atoms with van der Waals surface area (Å²) in [4.78, 5) is 18.5. The van der Waals surface area contributed by atoms with Crippen molar-refractivity contribution in [3.8, 4) is 0 Å². The highest BCUT2D eigenvalue weighted by Gasteiger charge is 2.30. The van der Waals surface area contributed by atoms with E-state index in [2.05, 4.69) is 15.2 Å². The van der Waals surface area contributed by atoms with E-state index in [0.29, 0.717) is 23.7 Å².